The number of hydrogen-bond acceptors (Lipinski definition) is 8. The molecule has 1 aliphatic heterocycles. The zero-order valence-corrected chi connectivity index (χ0v) is 15.3. The Bertz CT molecular complexity index is 835. The van der Waals surface area contributed by atoms with Gasteiger partial charge < -0.3 is 19.8 Å². The van der Waals surface area contributed by atoms with E-state index in [0.29, 0.717) is 11.5 Å². The van der Waals surface area contributed by atoms with E-state index >= 15 is 0 Å². The Balaban J connectivity index is 1.59. The van der Waals surface area contributed by atoms with Gasteiger partial charge in [0.15, 0.2) is 0 Å². The van der Waals surface area contributed by atoms with Gasteiger partial charge in [-0.2, -0.15) is 0 Å². The van der Waals surface area contributed by atoms with Crippen LogP contribution in [0.1, 0.15) is 23.4 Å². The Morgan fingerprint density at radius 3 is 2.64 bits per heavy atom. The molecule has 0 radical (unpaired) electrons. The molecule has 150 valence electrons. The van der Waals surface area contributed by atoms with Crippen LogP contribution in [0, 0.1) is 6.92 Å². The van der Waals surface area contributed by atoms with Gasteiger partial charge in [0.25, 0.3) is 0 Å². The van der Waals surface area contributed by atoms with Crippen LogP contribution in [0.3, 0.4) is 0 Å². The molecule has 1 aromatic carbocycles. The lowest BCUT2D eigenvalue weighted by molar-refractivity contribution is -0.138. The summed E-state index contributed by atoms with van der Waals surface area (Å²) in [6.45, 7) is 2.03. The molecule has 1 saturated heterocycles. The largest absolute Gasteiger partial charge is 0.391 e. The Morgan fingerprint density at radius 2 is 2.04 bits per heavy atom. The lowest BCUT2D eigenvalue weighted by Gasteiger charge is -2.23. The number of β-amino-alcohol motifs (C(OH)–C–C–N with tert-alkyl or cyclic N) is 1. The van der Waals surface area contributed by atoms with Gasteiger partial charge in [-0.15, -0.1) is 5.23 Å². The van der Waals surface area contributed by atoms with Crippen molar-refractivity contribution in [2.45, 2.75) is 38.5 Å². The Labute approximate surface area is 160 Å². The average molecular weight is 390 g/mol. The van der Waals surface area contributed by atoms with E-state index in [1.807, 2.05) is 0 Å². The smallest absolute Gasteiger partial charge is 0.243 e. The van der Waals surface area contributed by atoms with Crippen molar-refractivity contribution < 1.29 is 29.6 Å². The van der Waals surface area contributed by atoms with Crippen molar-refractivity contribution in [3.63, 3.8) is 0 Å². The number of nitrogens with one attached hydrogen (secondary N) is 1. The second-order valence-corrected chi connectivity index (χ2v) is 6.74. The molecule has 2 heterocycles. The lowest BCUT2D eigenvalue weighted by atomic mass is 10.1. The Hall–Kier alpha value is -2.95. The molecule has 28 heavy (non-hydrogen) atoms. The molecule has 1 aromatic heterocycles. The molecule has 2 amide bonds. The summed E-state index contributed by atoms with van der Waals surface area (Å²) in [5.41, 5.74) is 1.59. The highest BCUT2D eigenvalue weighted by Crippen LogP contribution is 2.20. The monoisotopic (exact) mass is 390 g/mol. The SMILES string of the molecule is Cc1cc(CC(=O)N2C[C@H](O)C[C@H]2C(=O)NCc2ccc(N(O)O)cc2)on1. The number of benzene rings is 1. The number of nitrogens with zero attached hydrogens (tertiary/aromatic N) is 3. The number of aromatic nitrogens is 1. The van der Waals surface area contributed by atoms with Gasteiger partial charge in [-0.05, 0) is 24.6 Å². The number of aliphatic hydroxyl groups excluding tert-OH is 1. The van der Waals surface area contributed by atoms with Gasteiger partial charge in [0.05, 0.1) is 23.9 Å². The van der Waals surface area contributed by atoms with Gasteiger partial charge in [0.1, 0.15) is 11.8 Å². The maximum atomic E-state index is 12.6. The van der Waals surface area contributed by atoms with E-state index in [2.05, 4.69) is 10.5 Å². The molecule has 2 aromatic rings. The topological polar surface area (TPSA) is 139 Å². The van der Waals surface area contributed by atoms with E-state index in [1.165, 1.54) is 17.0 Å². The molecule has 10 nitrogen and oxygen atoms in total. The molecule has 4 N–H and O–H groups in total. The van der Waals surface area contributed by atoms with Crippen LogP contribution in [-0.2, 0) is 22.6 Å². The standard InChI is InChI=1S/C18H22N4O6/c1-11-6-15(28-20-11)8-17(24)21-10-14(23)7-16(21)18(25)19-9-12-2-4-13(5-3-12)22(26)27/h2-6,14,16,23,26-27H,7-10H2,1H3,(H,19,25)/t14-,16+/m1/s1. The first kappa shape index (κ1) is 19.8. The third kappa shape index (κ3) is 4.66. The summed E-state index contributed by atoms with van der Waals surface area (Å²) in [7, 11) is 0. The van der Waals surface area contributed by atoms with Gasteiger partial charge in [-0.1, -0.05) is 17.3 Å². The molecule has 10 heteroatoms. The molecular formula is C18H22N4O6. The average Bonchev–Trinajstić information content (AvgIpc) is 3.25. The number of hydrogen-bond donors (Lipinski definition) is 4. The summed E-state index contributed by atoms with van der Waals surface area (Å²) in [6, 6.07) is 7.12. The minimum absolute atomic E-state index is 0.00179. The molecule has 1 fully saturated rings. The van der Waals surface area contributed by atoms with E-state index < -0.39 is 12.1 Å². The van der Waals surface area contributed by atoms with Crippen molar-refractivity contribution in [2.24, 2.45) is 0 Å². The van der Waals surface area contributed by atoms with E-state index in [1.54, 1.807) is 25.1 Å². The summed E-state index contributed by atoms with van der Waals surface area (Å²) < 4.78 is 5.05. The number of aliphatic hydroxyl groups is 1. The summed E-state index contributed by atoms with van der Waals surface area (Å²) in [4.78, 5) is 26.5. The number of aryl methyl sites for hydroxylation is 1. The first-order valence-electron chi connectivity index (χ1n) is 8.77. The summed E-state index contributed by atoms with van der Waals surface area (Å²) >= 11 is 0. The second kappa shape index (κ2) is 8.38. The molecule has 3 rings (SSSR count). The zero-order chi connectivity index (χ0) is 20.3. The number of rotatable bonds is 6. The van der Waals surface area contributed by atoms with Gasteiger partial charge >= 0.3 is 0 Å². The predicted octanol–water partition coefficient (Wildman–Crippen LogP) is 0.389. The number of anilines is 1. The van der Waals surface area contributed by atoms with Crippen LogP contribution < -0.4 is 10.5 Å². The molecule has 1 aliphatic rings. The van der Waals surface area contributed by atoms with Crippen LogP contribution in [0.5, 0.6) is 0 Å². The van der Waals surface area contributed by atoms with Gasteiger partial charge in [0.2, 0.25) is 11.8 Å². The fourth-order valence-corrected chi connectivity index (χ4v) is 3.14. The number of amides is 2. The molecule has 0 aliphatic carbocycles. The van der Waals surface area contributed by atoms with Gasteiger partial charge in [-0.3, -0.25) is 20.0 Å². The van der Waals surface area contributed by atoms with E-state index in [4.69, 9.17) is 14.9 Å². The number of carbonyl (C=O) groups is 2. The Morgan fingerprint density at radius 1 is 1.32 bits per heavy atom. The van der Waals surface area contributed by atoms with Crippen molar-refractivity contribution >= 4 is 17.5 Å². The van der Waals surface area contributed by atoms with Crippen molar-refractivity contribution in [2.75, 3.05) is 11.8 Å². The number of carbonyl (C=O) groups excluding carboxylic acids is 2. The summed E-state index contributed by atoms with van der Waals surface area (Å²) in [6.07, 6.45) is -0.636. The second-order valence-electron chi connectivity index (χ2n) is 6.74. The third-order valence-corrected chi connectivity index (χ3v) is 4.54. The molecule has 2 atom stereocenters. The first-order chi connectivity index (χ1) is 13.3. The minimum atomic E-state index is -0.768. The highest BCUT2D eigenvalue weighted by atomic mass is 16.8. The molecule has 0 bridgehead atoms. The van der Waals surface area contributed by atoms with Gasteiger partial charge in [0, 0.05) is 25.6 Å². The molecule has 0 unspecified atom stereocenters. The van der Waals surface area contributed by atoms with Crippen LogP contribution in [-0.4, -0.2) is 56.1 Å². The highest BCUT2D eigenvalue weighted by molar-refractivity contribution is 5.89. The van der Waals surface area contributed by atoms with Crippen molar-refractivity contribution in [3.8, 4) is 0 Å². The van der Waals surface area contributed by atoms with Crippen molar-refractivity contribution in [3.05, 3.63) is 47.3 Å². The maximum Gasteiger partial charge on any atom is 0.243 e. The van der Waals surface area contributed by atoms with Crippen LogP contribution in [0.25, 0.3) is 0 Å². The summed E-state index contributed by atoms with van der Waals surface area (Å²) in [5.74, 6) is -0.276. The van der Waals surface area contributed by atoms with Crippen LogP contribution >= 0.6 is 0 Å². The highest BCUT2D eigenvalue weighted by Gasteiger charge is 2.38. The van der Waals surface area contributed by atoms with Crippen LogP contribution in [0.4, 0.5) is 5.69 Å². The fourth-order valence-electron chi connectivity index (χ4n) is 3.14. The van der Waals surface area contributed by atoms with Crippen LogP contribution in [0.2, 0.25) is 0 Å². The van der Waals surface area contributed by atoms with E-state index in [-0.39, 0.29) is 48.7 Å². The quantitative estimate of drug-likeness (QED) is 0.520. The predicted molar refractivity (Wildman–Crippen MR) is 95.4 cm³/mol. The Kier molecular flexibility index (Phi) is 5.93. The lowest BCUT2D eigenvalue weighted by Crippen LogP contribution is -2.46. The minimum Gasteiger partial charge on any atom is -0.391 e. The van der Waals surface area contributed by atoms with Gasteiger partial charge in [-0.25, -0.2) is 0 Å². The van der Waals surface area contributed by atoms with E-state index in [0.717, 1.165) is 5.56 Å². The third-order valence-electron chi connectivity index (χ3n) is 4.54. The first-order valence-corrected chi connectivity index (χ1v) is 8.77. The molecule has 0 saturated carbocycles. The molecule has 0 spiro atoms. The van der Waals surface area contributed by atoms with Crippen LogP contribution in [0.15, 0.2) is 34.9 Å². The zero-order valence-electron chi connectivity index (χ0n) is 15.3. The molecular weight excluding hydrogens is 368 g/mol. The number of likely N-dealkylation sites (tertiary alicyclic amines) is 1. The normalized spacial score (nSPS) is 18.9. The summed E-state index contributed by atoms with van der Waals surface area (Å²) in [5, 5.41) is 34.3. The fraction of sp³-hybridized carbons (Fsp3) is 0.389. The van der Waals surface area contributed by atoms with Crippen molar-refractivity contribution in [1.82, 2.24) is 15.4 Å². The maximum absolute atomic E-state index is 12.6. The van der Waals surface area contributed by atoms with Crippen molar-refractivity contribution in [1.29, 1.82) is 0 Å². The van der Waals surface area contributed by atoms with E-state index in [9.17, 15) is 14.7 Å².